The molecule has 2 rings (SSSR count). The molecule has 0 spiro atoms. The molecule has 0 aromatic carbocycles. The quantitative estimate of drug-likeness (QED) is 0.814. The molecular weight excluding hydrogens is 238 g/mol. The minimum absolute atomic E-state index is 0.0439. The Morgan fingerprint density at radius 1 is 1.47 bits per heavy atom. The Bertz CT molecular complexity index is 403. The normalized spacial score (nSPS) is 16.1. The van der Waals surface area contributed by atoms with Gasteiger partial charge in [-0.05, 0) is 37.1 Å². The lowest BCUT2D eigenvalue weighted by molar-refractivity contribution is -0.136. The van der Waals surface area contributed by atoms with Gasteiger partial charge in [0, 0.05) is 37.4 Å². The molecule has 1 amide bonds. The number of nitrogens with zero attached hydrogens (tertiary/aromatic N) is 2. The number of aromatic nitrogens is 1. The van der Waals surface area contributed by atoms with Gasteiger partial charge in [-0.3, -0.25) is 9.78 Å². The standard InChI is InChI=1S/C15H23N3O/c1-3-16-10-12(2)15(19)18(14-4-5-14)11-13-6-8-17-9-7-13/h6-9,12,14,16H,3-5,10-11H2,1-2H3. The zero-order chi connectivity index (χ0) is 13.7. The van der Waals surface area contributed by atoms with Crippen molar-refractivity contribution in [2.45, 2.75) is 39.3 Å². The van der Waals surface area contributed by atoms with Crippen molar-refractivity contribution in [2.75, 3.05) is 13.1 Å². The van der Waals surface area contributed by atoms with Crippen molar-refractivity contribution >= 4 is 5.91 Å². The van der Waals surface area contributed by atoms with Crippen LogP contribution < -0.4 is 5.32 Å². The average Bonchev–Trinajstić information content (AvgIpc) is 3.27. The summed E-state index contributed by atoms with van der Waals surface area (Å²) in [5, 5.41) is 3.25. The summed E-state index contributed by atoms with van der Waals surface area (Å²) in [6.07, 6.45) is 5.86. The van der Waals surface area contributed by atoms with Crippen LogP contribution in [0.3, 0.4) is 0 Å². The van der Waals surface area contributed by atoms with E-state index in [1.54, 1.807) is 12.4 Å². The van der Waals surface area contributed by atoms with Crippen molar-refractivity contribution in [3.05, 3.63) is 30.1 Å². The second-order valence-corrected chi connectivity index (χ2v) is 5.26. The van der Waals surface area contributed by atoms with E-state index >= 15 is 0 Å². The van der Waals surface area contributed by atoms with E-state index in [9.17, 15) is 4.79 Å². The van der Waals surface area contributed by atoms with E-state index in [2.05, 4.69) is 17.2 Å². The number of pyridine rings is 1. The fraction of sp³-hybridized carbons (Fsp3) is 0.600. The Balaban J connectivity index is 1.97. The summed E-state index contributed by atoms with van der Waals surface area (Å²) in [6, 6.07) is 4.42. The van der Waals surface area contributed by atoms with Gasteiger partial charge >= 0.3 is 0 Å². The molecule has 0 bridgehead atoms. The number of hydrogen-bond acceptors (Lipinski definition) is 3. The molecule has 104 valence electrons. The number of hydrogen-bond donors (Lipinski definition) is 1. The van der Waals surface area contributed by atoms with Gasteiger partial charge in [0.1, 0.15) is 0 Å². The highest BCUT2D eigenvalue weighted by atomic mass is 16.2. The Hall–Kier alpha value is -1.42. The molecule has 1 aromatic heterocycles. The largest absolute Gasteiger partial charge is 0.335 e. The second-order valence-electron chi connectivity index (χ2n) is 5.26. The third kappa shape index (κ3) is 4.03. The summed E-state index contributed by atoms with van der Waals surface area (Å²) >= 11 is 0. The smallest absolute Gasteiger partial charge is 0.227 e. The molecule has 1 aliphatic carbocycles. The van der Waals surface area contributed by atoms with E-state index in [4.69, 9.17) is 0 Å². The van der Waals surface area contributed by atoms with E-state index in [0.29, 0.717) is 12.6 Å². The topological polar surface area (TPSA) is 45.2 Å². The third-order valence-electron chi connectivity index (χ3n) is 3.50. The number of amides is 1. The lowest BCUT2D eigenvalue weighted by Gasteiger charge is -2.26. The van der Waals surface area contributed by atoms with Gasteiger partial charge in [0.2, 0.25) is 5.91 Å². The first-order valence-corrected chi connectivity index (χ1v) is 7.12. The molecule has 4 heteroatoms. The highest BCUT2D eigenvalue weighted by molar-refractivity contribution is 5.79. The minimum atomic E-state index is 0.0439. The first-order chi connectivity index (χ1) is 9.22. The van der Waals surface area contributed by atoms with Gasteiger partial charge in [-0.2, -0.15) is 0 Å². The predicted molar refractivity (Wildman–Crippen MR) is 75.5 cm³/mol. The molecule has 1 aromatic rings. The molecular formula is C15H23N3O. The van der Waals surface area contributed by atoms with Crippen molar-refractivity contribution < 1.29 is 4.79 Å². The molecule has 0 radical (unpaired) electrons. The van der Waals surface area contributed by atoms with Crippen LogP contribution in [0.2, 0.25) is 0 Å². The molecule has 1 aliphatic rings. The minimum Gasteiger partial charge on any atom is -0.335 e. The number of carbonyl (C=O) groups excluding carboxylic acids is 1. The third-order valence-corrected chi connectivity index (χ3v) is 3.50. The molecule has 1 heterocycles. The van der Waals surface area contributed by atoms with Crippen molar-refractivity contribution in [1.82, 2.24) is 15.2 Å². The molecule has 19 heavy (non-hydrogen) atoms. The van der Waals surface area contributed by atoms with E-state index < -0.39 is 0 Å². The molecule has 0 aliphatic heterocycles. The first kappa shape index (κ1) is 14.0. The summed E-state index contributed by atoms with van der Waals surface area (Å²) in [5.74, 6) is 0.308. The van der Waals surface area contributed by atoms with Crippen LogP contribution in [0.4, 0.5) is 0 Å². The molecule has 1 saturated carbocycles. The predicted octanol–water partition coefficient (Wildman–Crippen LogP) is 1.82. The van der Waals surface area contributed by atoms with Crippen LogP contribution in [-0.4, -0.2) is 34.9 Å². The van der Waals surface area contributed by atoms with Crippen LogP contribution in [-0.2, 0) is 11.3 Å². The van der Waals surface area contributed by atoms with Crippen molar-refractivity contribution in [3.8, 4) is 0 Å². The monoisotopic (exact) mass is 261 g/mol. The van der Waals surface area contributed by atoms with Crippen LogP contribution in [0.15, 0.2) is 24.5 Å². The number of carbonyl (C=O) groups is 1. The summed E-state index contributed by atoms with van der Waals surface area (Å²) in [5.41, 5.74) is 1.16. The lowest BCUT2D eigenvalue weighted by Crippen LogP contribution is -2.40. The molecule has 1 N–H and O–H groups in total. The SMILES string of the molecule is CCNCC(C)C(=O)N(Cc1ccncc1)C1CC1. The molecule has 1 fully saturated rings. The maximum absolute atomic E-state index is 12.5. The summed E-state index contributed by atoms with van der Waals surface area (Å²) in [4.78, 5) is 18.6. The van der Waals surface area contributed by atoms with Crippen LogP contribution in [0, 0.1) is 5.92 Å². The Labute approximate surface area is 115 Å². The zero-order valence-electron chi connectivity index (χ0n) is 11.8. The van der Waals surface area contributed by atoms with Gasteiger partial charge in [0.15, 0.2) is 0 Å². The highest BCUT2D eigenvalue weighted by Gasteiger charge is 2.34. The summed E-state index contributed by atoms with van der Waals surface area (Å²) in [6.45, 7) is 6.45. The van der Waals surface area contributed by atoms with Crippen LogP contribution in [0.1, 0.15) is 32.3 Å². The van der Waals surface area contributed by atoms with Gasteiger partial charge in [-0.25, -0.2) is 0 Å². The Morgan fingerprint density at radius 2 is 2.16 bits per heavy atom. The van der Waals surface area contributed by atoms with Crippen molar-refractivity contribution in [2.24, 2.45) is 5.92 Å². The fourth-order valence-electron chi connectivity index (χ4n) is 2.19. The summed E-state index contributed by atoms with van der Waals surface area (Å²) in [7, 11) is 0. The van der Waals surface area contributed by atoms with Crippen LogP contribution >= 0.6 is 0 Å². The van der Waals surface area contributed by atoms with E-state index in [1.165, 1.54) is 0 Å². The molecule has 4 nitrogen and oxygen atoms in total. The second kappa shape index (κ2) is 6.66. The van der Waals surface area contributed by atoms with Crippen LogP contribution in [0.5, 0.6) is 0 Å². The van der Waals surface area contributed by atoms with E-state index in [0.717, 1.165) is 31.5 Å². The van der Waals surface area contributed by atoms with E-state index in [-0.39, 0.29) is 11.8 Å². The van der Waals surface area contributed by atoms with Crippen molar-refractivity contribution in [1.29, 1.82) is 0 Å². The molecule has 1 atom stereocenters. The maximum Gasteiger partial charge on any atom is 0.227 e. The van der Waals surface area contributed by atoms with E-state index in [1.807, 2.05) is 24.0 Å². The highest BCUT2D eigenvalue weighted by Crippen LogP contribution is 2.29. The fourth-order valence-corrected chi connectivity index (χ4v) is 2.19. The van der Waals surface area contributed by atoms with Gasteiger partial charge in [0.05, 0.1) is 0 Å². The maximum atomic E-state index is 12.5. The Morgan fingerprint density at radius 3 is 2.74 bits per heavy atom. The lowest BCUT2D eigenvalue weighted by atomic mass is 10.1. The van der Waals surface area contributed by atoms with Gasteiger partial charge in [-0.15, -0.1) is 0 Å². The number of rotatable bonds is 7. The van der Waals surface area contributed by atoms with Crippen molar-refractivity contribution in [3.63, 3.8) is 0 Å². The first-order valence-electron chi connectivity index (χ1n) is 7.12. The summed E-state index contributed by atoms with van der Waals surface area (Å²) < 4.78 is 0. The average molecular weight is 261 g/mol. The zero-order valence-corrected chi connectivity index (χ0v) is 11.8. The van der Waals surface area contributed by atoms with Gasteiger partial charge in [-0.1, -0.05) is 13.8 Å². The van der Waals surface area contributed by atoms with Gasteiger partial charge in [0.25, 0.3) is 0 Å². The molecule has 1 unspecified atom stereocenters. The molecule has 0 saturated heterocycles. The van der Waals surface area contributed by atoms with Gasteiger partial charge < -0.3 is 10.2 Å². The Kier molecular flexibility index (Phi) is 4.91. The number of nitrogens with one attached hydrogen (secondary N) is 1. The van der Waals surface area contributed by atoms with Crippen LogP contribution in [0.25, 0.3) is 0 Å².